The van der Waals surface area contributed by atoms with E-state index in [1.54, 1.807) is 18.3 Å². The molecule has 24 heavy (non-hydrogen) atoms. The number of hydrogen-bond donors (Lipinski definition) is 1. The van der Waals surface area contributed by atoms with Crippen molar-refractivity contribution in [3.05, 3.63) is 40.7 Å². The van der Waals surface area contributed by atoms with Gasteiger partial charge < -0.3 is 10.0 Å². The van der Waals surface area contributed by atoms with Crippen molar-refractivity contribution in [3.63, 3.8) is 0 Å². The molecule has 128 valence electrons. The predicted molar refractivity (Wildman–Crippen MR) is 94.2 cm³/mol. The number of aliphatic hydroxyl groups is 1. The minimum atomic E-state index is -0.411. The summed E-state index contributed by atoms with van der Waals surface area (Å²) in [5.41, 5.74) is 1.05. The molecule has 1 aromatic heterocycles. The number of aliphatic hydroxyl groups excluding tert-OH is 1. The molecule has 1 aliphatic heterocycles. The van der Waals surface area contributed by atoms with Crippen LogP contribution in [0.2, 0.25) is 0 Å². The van der Waals surface area contributed by atoms with Gasteiger partial charge in [-0.3, -0.25) is 15.1 Å². The molecule has 0 bridgehead atoms. The lowest BCUT2D eigenvalue weighted by Crippen LogP contribution is -2.48. The molecule has 2 heterocycles. The number of rotatable bonds is 2. The van der Waals surface area contributed by atoms with Crippen LogP contribution in [0.4, 0.5) is 11.4 Å². The van der Waals surface area contributed by atoms with Gasteiger partial charge in [-0.25, -0.2) is 0 Å². The van der Waals surface area contributed by atoms with E-state index >= 15 is 0 Å². The first-order valence-corrected chi connectivity index (χ1v) is 8.23. The van der Waals surface area contributed by atoms with Crippen LogP contribution < -0.4 is 4.90 Å². The third-order valence-electron chi connectivity index (χ3n) is 5.00. The van der Waals surface area contributed by atoms with E-state index in [0.717, 1.165) is 24.0 Å². The van der Waals surface area contributed by atoms with E-state index in [1.807, 2.05) is 0 Å². The van der Waals surface area contributed by atoms with Crippen molar-refractivity contribution in [2.24, 2.45) is 11.3 Å². The Morgan fingerprint density at radius 3 is 2.67 bits per heavy atom. The van der Waals surface area contributed by atoms with E-state index < -0.39 is 6.10 Å². The summed E-state index contributed by atoms with van der Waals surface area (Å²) >= 11 is 0. The van der Waals surface area contributed by atoms with Gasteiger partial charge in [0.05, 0.1) is 16.4 Å². The van der Waals surface area contributed by atoms with Gasteiger partial charge in [0, 0.05) is 42.6 Å². The molecule has 0 radical (unpaired) electrons. The van der Waals surface area contributed by atoms with Gasteiger partial charge in [0.2, 0.25) is 0 Å². The summed E-state index contributed by atoms with van der Waals surface area (Å²) in [6.45, 7) is 7.84. The summed E-state index contributed by atoms with van der Waals surface area (Å²) in [5.74, 6) is 0.250. The first-order valence-electron chi connectivity index (χ1n) is 8.23. The minimum absolute atomic E-state index is 0.0620. The molecule has 1 N–H and O–H groups in total. The molecule has 1 fully saturated rings. The molecule has 0 spiro atoms. The molecule has 3 rings (SSSR count). The fourth-order valence-electron chi connectivity index (χ4n) is 3.75. The van der Waals surface area contributed by atoms with Crippen LogP contribution in [0.25, 0.3) is 10.8 Å². The van der Waals surface area contributed by atoms with Crippen LogP contribution in [0.15, 0.2) is 30.6 Å². The predicted octanol–water partition coefficient (Wildman–Crippen LogP) is 3.38. The topological polar surface area (TPSA) is 79.5 Å². The Bertz CT molecular complexity index is 770. The second-order valence-electron chi connectivity index (χ2n) is 7.56. The molecule has 1 saturated heterocycles. The highest BCUT2D eigenvalue weighted by molar-refractivity contribution is 5.99. The van der Waals surface area contributed by atoms with Crippen molar-refractivity contribution in [1.82, 2.24) is 4.98 Å². The number of nitrogens with zero attached hydrogens (tertiary/aromatic N) is 3. The van der Waals surface area contributed by atoms with Gasteiger partial charge in [-0.1, -0.05) is 20.8 Å². The number of fused-ring (bicyclic) bond motifs is 1. The fraction of sp³-hybridized carbons (Fsp3) is 0.500. The zero-order valence-electron chi connectivity index (χ0n) is 14.3. The molecule has 1 aliphatic rings. The van der Waals surface area contributed by atoms with Crippen molar-refractivity contribution < 1.29 is 10.0 Å². The number of piperidine rings is 1. The van der Waals surface area contributed by atoms with E-state index in [0.29, 0.717) is 11.9 Å². The highest BCUT2D eigenvalue weighted by Gasteiger charge is 2.36. The molecule has 0 amide bonds. The number of nitro benzene ring substituents is 1. The van der Waals surface area contributed by atoms with Crippen LogP contribution in [0.1, 0.15) is 27.2 Å². The Balaban J connectivity index is 1.97. The van der Waals surface area contributed by atoms with Crippen LogP contribution in [0.3, 0.4) is 0 Å². The van der Waals surface area contributed by atoms with E-state index in [4.69, 9.17) is 0 Å². The molecular formula is C18H23N3O3. The lowest BCUT2D eigenvalue weighted by Gasteiger charge is -2.43. The van der Waals surface area contributed by atoms with Gasteiger partial charge in [0.15, 0.2) is 0 Å². The first kappa shape index (κ1) is 16.6. The van der Waals surface area contributed by atoms with Gasteiger partial charge in [-0.05, 0) is 29.9 Å². The van der Waals surface area contributed by atoms with E-state index in [1.165, 1.54) is 12.3 Å². The fourth-order valence-corrected chi connectivity index (χ4v) is 3.75. The van der Waals surface area contributed by atoms with Gasteiger partial charge in [-0.2, -0.15) is 0 Å². The van der Waals surface area contributed by atoms with Crippen molar-refractivity contribution in [3.8, 4) is 0 Å². The Morgan fingerprint density at radius 1 is 1.29 bits per heavy atom. The van der Waals surface area contributed by atoms with Gasteiger partial charge >= 0.3 is 0 Å². The summed E-state index contributed by atoms with van der Waals surface area (Å²) in [7, 11) is 0. The normalized spacial score (nSPS) is 21.9. The number of pyridine rings is 1. The highest BCUT2D eigenvalue weighted by atomic mass is 16.6. The summed E-state index contributed by atoms with van der Waals surface area (Å²) in [5, 5.41) is 23.2. The Hall–Kier alpha value is -2.21. The molecule has 2 atom stereocenters. The quantitative estimate of drug-likeness (QED) is 0.675. The zero-order valence-corrected chi connectivity index (χ0v) is 14.3. The number of non-ortho nitro benzene ring substituents is 1. The molecule has 0 unspecified atom stereocenters. The molecule has 6 nitrogen and oxygen atoms in total. The Kier molecular flexibility index (Phi) is 4.17. The molecule has 2 aromatic rings. The summed E-state index contributed by atoms with van der Waals surface area (Å²) in [6, 6.07) is 5.12. The average molecular weight is 329 g/mol. The van der Waals surface area contributed by atoms with E-state index in [9.17, 15) is 15.2 Å². The maximum absolute atomic E-state index is 11.2. The Morgan fingerprint density at radius 2 is 2.04 bits per heavy atom. The van der Waals surface area contributed by atoms with Crippen LogP contribution in [-0.4, -0.2) is 34.2 Å². The lowest BCUT2D eigenvalue weighted by molar-refractivity contribution is -0.383. The van der Waals surface area contributed by atoms with Crippen LogP contribution in [0.5, 0.6) is 0 Å². The lowest BCUT2D eigenvalue weighted by atomic mass is 9.73. The van der Waals surface area contributed by atoms with Crippen LogP contribution >= 0.6 is 0 Å². The standard InChI is InChI=1S/C18H23N3O3/c1-18(2,3)14-7-9-20(11-17(14)22)15-4-5-16(21(23)24)13-10-19-8-6-12(13)15/h4-6,8,10,14,17,22H,7,9,11H2,1-3H3/t14-,17+/m0/s1. The molecular weight excluding hydrogens is 306 g/mol. The average Bonchev–Trinajstić information content (AvgIpc) is 2.52. The van der Waals surface area contributed by atoms with Crippen molar-refractivity contribution in [2.45, 2.75) is 33.3 Å². The second-order valence-corrected chi connectivity index (χ2v) is 7.56. The maximum atomic E-state index is 11.2. The van der Waals surface area contributed by atoms with Gasteiger partial charge in [0.1, 0.15) is 0 Å². The van der Waals surface area contributed by atoms with Crippen LogP contribution in [0, 0.1) is 21.4 Å². The second kappa shape index (κ2) is 6.02. The van der Waals surface area contributed by atoms with Gasteiger partial charge in [-0.15, -0.1) is 0 Å². The Labute approximate surface area is 141 Å². The summed E-state index contributed by atoms with van der Waals surface area (Å²) in [6.07, 6.45) is 3.67. The van der Waals surface area contributed by atoms with Crippen molar-refractivity contribution >= 4 is 22.1 Å². The number of nitro groups is 1. The third kappa shape index (κ3) is 2.94. The summed E-state index contributed by atoms with van der Waals surface area (Å²) in [4.78, 5) is 17.0. The zero-order chi connectivity index (χ0) is 17.5. The monoisotopic (exact) mass is 329 g/mol. The van der Waals surface area contributed by atoms with Crippen molar-refractivity contribution in [1.29, 1.82) is 0 Å². The largest absolute Gasteiger partial charge is 0.391 e. The molecule has 6 heteroatoms. The molecule has 0 saturated carbocycles. The third-order valence-corrected chi connectivity index (χ3v) is 5.00. The van der Waals surface area contributed by atoms with E-state index in [2.05, 4.69) is 30.7 Å². The first-order chi connectivity index (χ1) is 11.3. The number of benzene rings is 1. The molecule has 1 aromatic carbocycles. The minimum Gasteiger partial charge on any atom is -0.391 e. The number of hydrogen-bond acceptors (Lipinski definition) is 5. The number of β-amino-alcohol motifs (C(OH)–C–C–N with tert-alkyl or cyclic N) is 1. The number of aromatic nitrogens is 1. The summed E-state index contributed by atoms with van der Waals surface area (Å²) < 4.78 is 0. The van der Waals surface area contributed by atoms with Gasteiger partial charge in [0.25, 0.3) is 5.69 Å². The molecule has 0 aliphatic carbocycles. The number of anilines is 1. The maximum Gasteiger partial charge on any atom is 0.278 e. The van der Waals surface area contributed by atoms with E-state index in [-0.39, 0.29) is 21.9 Å². The SMILES string of the molecule is CC(C)(C)[C@H]1CCN(c2ccc([N+](=O)[O-])c3cnccc23)C[C@H]1O. The smallest absolute Gasteiger partial charge is 0.278 e. The highest BCUT2D eigenvalue weighted by Crippen LogP contribution is 2.38. The van der Waals surface area contributed by atoms with Crippen molar-refractivity contribution in [2.75, 3.05) is 18.0 Å². The van der Waals surface area contributed by atoms with Crippen LogP contribution in [-0.2, 0) is 0 Å².